The van der Waals surface area contributed by atoms with Crippen LogP contribution in [0.25, 0.3) is 0 Å². The van der Waals surface area contributed by atoms with E-state index in [1.165, 1.54) is 23.2 Å². The van der Waals surface area contributed by atoms with E-state index in [0.29, 0.717) is 13.1 Å². The average Bonchev–Trinajstić information content (AvgIpc) is 2.61. The number of amides is 2. The lowest BCUT2D eigenvalue weighted by atomic mass is 10.0. The largest absolute Gasteiger partial charge is 0.477 e. The van der Waals surface area contributed by atoms with Gasteiger partial charge in [0, 0.05) is 19.3 Å². The summed E-state index contributed by atoms with van der Waals surface area (Å²) in [6, 6.07) is 11.0. The van der Waals surface area contributed by atoms with E-state index >= 15 is 0 Å². The minimum Gasteiger partial charge on any atom is -0.477 e. The van der Waals surface area contributed by atoms with Gasteiger partial charge in [-0.2, -0.15) is 0 Å². The van der Waals surface area contributed by atoms with Crippen LogP contribution in [0.3, 0.4) is 0 Å². The maximum atomic E-state index is 12.8. The van der Waals surface area contributed by atoms with E-state index in [2.05, 4.69) is 10.3 Å². The summed E-state index contributed by atoms with van der Waals surface area (Å²) in [5, 5.41) is 11.6. The van der Waals surface area contributed by atoms with Gasteiger partial charge in [0.1, 0.15) is 11.7 Å². The Bertz CT molecular complexity index is 774. The molecule has 1 aromatic carbocycles. The Morgan fingerprint density at radius 1 is 1.17 bits per heavy atom. The predicted octanol–water partition coefficient (Wildman–Crippen LogP) is 1.09. The van der Waals surface area contributed by atoms with Crippen LogP contribution in [-0.4, -0.2) is 45.9 Å². The van der Waals surface area contributed by atoms with Crippen molar-refractivity contribution in [3.05, 3.63) is 65.5 Å². The highest BCUT2D eigenvalue weighted by molar-refractivity contribution is 5.98. The van der Waals surface area contributed by atoms with E-state index in [9.17, 15) is 14.4 Å². The topological polar surface area (TPSA) is 99.6 Å². The zero-order chi connectivity index (χ0) is 17.1. The second kappa shape index (κ2) is 6.49. The van der Waals surface area contributed by atoms with Crippen molar-refractivity contribution in [1.29, 1.82) is 0 Å². The van der Waals surface area contributed by atoms with Crippen LogP contribution in [0, 0.1) is 0 Å². The van der Waals surface area contributed by atoms with Crippen molar-refractivity contribution in [3.63, 3.8) is 0 Å². The van der Waals surface area contributed by atoms with Gasteiger partial charge in [-0.3, -0.25) is 9.59 Å². The number of carbonyl (C=O) groups excluding carboxylic acids is 2. The number of pyridine rings is 1. The molecule has 3 rings (SSSR count). The summed E-state index contributed by atoms with van der Waals surface area (Å²) in [4.78, 5) is 41.1. The molecule has 1 saturated heterocycles. The molecule has 1 atom stereocenters. The second-order valence-corrected chi connectivity index (χ2v) is 5.34. The Hall–Kier alpha value is -3.22. The summed E-state index contributed by atoms with van der Waals surface area (Å²) in [5.74, 6) is -1.76. The molecule has 1 aliphatic heterocycles. The maximum Gasteiger partial charge on any atom is 0.354 e. The number of hydrogen-bond donors (Lipinski definition) is 2. The number of benzene rings is 1. The fourth-order valence-corrected chi connectivity index (χ4v) is 2.67. The minimum absolute atomic E-state index is 0.137. The van der Waals surface area contributed by atoms with E-state index in [-0.39, 0.29) is 23.1 Å². The molecule has 122 valence electrons. The van der Waals surface area contributed by atoms with Gasteiger partial charge in [-0.25, -0.2) is 9.78 Å². The Kier molecular flexibility index (Phi) is 4.24. The molecule has 7 nitrogen and oxygen atoms in total. The molecule has 2 amide bonds. The molecule has 0 bridgehead atoms. The summed E-state index contributed by atoms with van der Waals surface area (Å²) >= 11 is 0. The van der Waals surface area contributed by atoms with E-state index in [4.69, 9.17) is 5.11 Å². The van der Waals surface area contributed by atoms with Crippen LogP contribution in [0.1, 0.15) is 32.5 Å². The number of hydrogen-bond acceptors (Lipinski definition) is 4. The van der Waals surface area contributed by atoms with Crippen molar-refractivity contribution >= 4 is 17.8 Å². The SMILES string of the molecule is O=C(O)c1ccc(C(=O)N2CCNC(=O)[C@@H]2c2ccccc2)cn1. The minimum atomic E-state index is -1.16. The summed E-state index contributed by atoms with van der Waals surface area (Å²) in [6.07, 6.45) is 1.22. The summed E-state index contributed by atoms with van der Waals surface area (Å²) in [7, 11) is 0. The van der Waals surface area contributed by atoms with Crippen LogP contribution < -0.4 is 5.32 Å². The van der Waals surface area contributed by atoms with Gasteiger partial charge >= 0.3 is 5.97 Å². The molecule has 1 fully saturated rings. The first-order chi connectivity index (χ1) is 11.6. The Balaban J connectivity index is 1.91. The van der Waals surface area contributed by atoms with E-state index in [1.807, 2.05) is 18.2 Å². The van der Waals surface area contributed by atoms with Crippen molar-refractivity contribution < 1.29 is 19.5 Å². The van der Waals surface area contributed by atoms with E-state index < -0.39 is 12.0 Å². The number of nitrogens with one attached hydrogen (secondary N) is 1. The maximum absolute atomic E-state index is 12.8. The quantitative estimate of drug-likeness (QED) is 0.880. The van der Waals surface area contributed by atoms with Crippen LogP contribution >= 0.6 is 0 Å². The number of piperazine rings is 1. The van der Waals surface area contributed by atoms with Crippen LogP contribution in [0.15, 0.2) is 48.7 Å². The molecule has 0 saturated carbocycles. The third kappa shape index (κ3) is 2.96. The lowest BCUT2D eigenvalue weighted by molar-refractivity contribution is -0.128. The molecule has 24 heavy (non-hydrogen) atoms. The molecule has 2 N–H and O–H groups in total. The first-order valence-electron chi connectivity index (χ1n) is 7.41. The fraction of sp³-hybridized carbons (Fsp3) is 0.176. The molecule has 7 heteroatoms. The number of aromatic carboxylic acids is 1. The fourth-order valence-electron chi connectivity index (χ4n) is 2.67. The number of carboxylic acids is 1. The highest BCUT2D eigenvalue weighted by atomic mass is 16.4. The third-order valence-electron chi connectivity index (χ3n) is 3.82. The van der Waals surface area contributed by atoms with Crippen molar-refractivity contribution in [2.45, 2.75) is 6.04 Å². The molecule has 0 radical (unpaired) electrons. The molecular formula is C17H15N3O4. The van der Waals surface area contributed by atoms with Crippen molar-refractivity contribution in [2.24, 2.45) is 0 Å². The van der Waals surface area contributed by atoms with Gasteiger partial charge < -0.3 is 15.3 Å². The third-order valence-corrected chi connectivity index (χ3v) is 3.82. The second-order valence-electron chi connectivity index (χ2n) is 5.34. The molecular weight excluding hydrogens is 310 g/mol. The standard InChI is InChI=1S/C17H15N3O4/c21-15-14(11-4-2-1-3-5-11)20(9-8-18-15)16(22)12-6-7-13(17(23)24)19-10-12/h1-7,10,14H,8-9H2,(H,18,21)(H,23,24)/t14-/m0/s1. The highest BCUT2D eigenvalue weighted by Gasteiger charge is 2.34. The van der Waals surface area contributed by atoms with E-state index in [1.54, 1.807) is 12.1 Å². The molecule has 2 aromatic rings. The summed E-state index contributed by atoms with van der Waals surface area (Å²) in [5.41, 5.74) is 0.830. The molecule has 0 aliphatic carbocycles. The van der Waals surface area contributed by atoms with Crippen LogP contribution in [0.5, 0.6) is 0 Å². The van der Waals surface area contributed by atoms with Gasteiger partial charge in [-0.15, -0.1) is 0 Å². The molecule has 1 aliphatic rings. The normalized spacial score (nSPS) is 17.2. The van der Waals surface area contributed by atoms with Crippen LogP contribution in [0.2, 0.25) is 0 Å². The lowest BCUT2D eigenvalue weighted by Gasteiger charge is -2.35. The smallest absolute Gasteiger partial charge is 0.354 e. The number of carboxylic acid groups (broad SMARTS) is 1. The first-order valence-corrected chi connectivity index (χ1v) is 7.41. The monoisotopic (exact) mass is 325 g/mol. The van der Waals surface area contributed by atoms with Gasteiger partial charge in [0.2, 0.25) is 5.91 Å². The number of rotatable bonds is 3. The van der Waals surface area contributed by atoms with Gasteiger partial charge in [0.25, 0.3) is 5.91 Å². The predicted molar refractivity (Wildman–Crippen MR) is 84.4 cm³/mol. The lowest BCUT2D eigenvalue weighted by Crippen LogP contribution is -2.52. The Labute approximate surface area is 137 Å². The molecule has 0 unspecified atom stereocenters. The Morgan fingerprint density at radius 3 is 2.54 bits per heavy atom. The molecule has 0 spiro atoms. The van der Waals surface area contributed by atoms with Gasteiger partial charge in [-0.1, -0.05) is 30.3 Å². The number of carbonyl (C=O) groups is 3. The summed E-state index contributed by atoms with van der Waals surface area (Å²) < 4.78 is 0. The van der Waals surface area contributed by atoms with E-state index in [0.717, 1.165) is 5.56 Å². The summed E-state index contributed by atoms with van der Waals surface area (Å²) in [6.45, 7) is 0.735. The number of aromatic nitrogens is 1. The zero-order valence-electron chi connectivity index (χ0n) is 12.7. The first kappa shape index (κ1) is 15.7. The van der Waals surface area contributed by atoms with Crippen molar-refractivity contribution in [3.8, 4) is 0 Å². The number of nitrogens with zero attached hydrogens (tertiary/aromatic N) is 2. The van der Waals surface area contributed by atoms with Crippen molar-refractivity contribution in [1.82, 2.24) is 15.2 Å². The van der Waals surface area contributed by atoms with Gasteiger partial charge in [0.15, 0.2) is 0 Å². The molecule has 1 aromatic heterocycles. The molecule has 2 heterocycles. The highest BCUT2D eigenvalue weighted by Crippen LogP contribution is 2.24. The van der Waals surface area contributed by atoms with Crippen LogP contribution in [-0.2, 0) is 4.79 Å². The van der Waals surface area contributed by atoms with Gasteiger partial charge in [0.05, 0.1) is 5.56 Å². The van der Waals surface area contributed by atoms with Crippen molar-refractivity contribution in [2.75, 3.05) is 13.1 Å². The zero-order valence-corrected chi connectivity index (χ0v) is 12.7. The average molecular weight is 325 g/mol. The van der Waals surface area contributed by atoms with Gasteiger partial charge in [-0.05, 0) is 17.7 Å². The Morgan fingerprint density at radius 2 is 1.92 bits per heavy atom. The van der Waals surface area contributed by atoms with Crippen LogP contribution in [0.4, 0.5) is 0 Å².